The number of aliphatic hydroxyl groups is 1. The van der Waals surface area contributed by atoms with Gasteiger partial charge in [-0.3, -0.25) is 4.79 Å². The Bertz CT molecular complexity index is 356. The number of amides is 1. The number of nitrogens with two attached hydrogens (primary N) is 1. The van der Waals surface area contributed by atoms with Gasteiger partial charge < -0.3 is 20.7 Å². The van der Waals surface area contributed by atoms with Crippen LogP contribution in [0, 0.1) is 0 Å². The van der Waals surface area contributed by atoms with Crippen molar-refractivity contribution in [3.63, 3.8) is 0 Å². The van der Waals surface area contributed by atoms with E-state index < -0.39 is 11.5 Å². The molecule has 0 aliphatic carbocycles. The lowest BCUT2D eigenvalue weighted by molar-refractivity contribution is 0.0242. The standard InChI is InChI=1S/C7H10N4O3/c8-4(12)5-10-6(14-11-5)7(13)1-2-9-3-7/h9,13H,1-3H2,(H2,8,12). The van der Waals surface area contributed by atoms with Crippen LogP contribution >= 0.6 is 0 Å². The van der Waals surface area contributed by atoms with Gasteiger partial charge in [-0.05, 0) is 13.0 Å². The monoisotopic (exact) mass is 198 g/mol. The molecule has 1 amide bonds. The molecule has 1 aromatic heterocycles. The number of carbonyl (C=O) groups excluding carboxylic acids is 1. The predicted octanol–water partition coefficient (Wildman–Crippen LogP) is -1.65. The highest BCUT2D eigenvalue weighted by Gasteiger charge is 2.39. The van der Waals surface area contributed by atoms with Crippen LogP contribution in [0.25, 0.3) is 0 Å². The van der Waals surface area contributed by atoms with Gasteiger partial charge in [0.2, 0.25) is 0 Å². The number of nitrogens with one attached hydrogen (secondary N) is 1. The molecule has 76 valence electrons. The molecule has 0 spiro atoms. The maximum Gasteiger partial charge on any atom is 0.290 e. The summed E-state index contributed by atoms with van der Waals surface area (Å²) in [4.78, 5) is 14.4. The van der Waals surface area contributed by atoms with E-state index in [1.165, 1.54) is 0 Å². The van der Waals surface area contributed by atoms with Crippen molar-refractivity contribution in [3.8, 4) is 0 Å². The van der Waals surface area contributed by atoms with E-state index in [1.54, 1.807) is 0 Å². The van der Waals surface area contributed by atoms with Gasteiger partial charge in [0, 0.05) is 6.54 Å². The number of β-amino-alcohol motifs (C(OH)–C–C–N with tert-alkyl or cyclic N) is 1. The zero-order valence-electron chi connectivity index (χ0n) is 7.36. The van der Waals surface area contributed by atoms with Gasteiger partial charge in [-0.15, -0.1) is 0 Å². The van der Waals surface area contributed by atoms with E-state index in [-0.39, 0.29) is 11.7 Å². The summed E-state index contributed by atoms with van der Waals surface area (Å²) in [7, 11) is 0. The maximum atomic E-state index is 10.7. The maximum absolute atomic E-state index is 10.7. The van der Waals surface area contributed by atoms with Gasteiger partial charge in [-0.2, -0.15) is 4.98 Å². The van der Waals surface area contributed by atoms with Crippen LogP contribution in [0.1, 0.15) is 22.9 Å². The molecule has 0 aromatic carbocycles. The Morgan fingerprint density at radius 2 is 2.50 bits per heavy atom. The molecule has 0 bridgehead atoms. The smallest absolute Gasteiger partial charge is 0.290 e. The third kappa shape index (κ3) is 1.36. The number of primary amides is 1. The lowest BCUT2D eigenvalue weighted by Crippen LogP contribution is -2.29. The molecule has 2 rings (SSSR count). The van der Waals surface area contributed by atoms with E-state index in [0.29, 0.717) is 19.5 Å². The molecule has 1 aromatic rings. The number of nitrogens with zero attached hydrogens (tertiary/aromatic N) is 2. The summed E-state index contributed by atoms with van der Waals surface area (Å²) in [5, 5.41) is 16.3. The van der Waals surface area contributed by atoms with Crippen LogP contribution in [0.15, 0.2) is 4.52 Å². The van der Waals surface area contributed by atoms with Crippen molar-refractivity contribution >= 4 is 5.91 Å². The average Bonchev–Trinajstić information content (AvgIpc) is 2.71. The molecule has 0 saturated carbocycles. The fourth-order valence-corrected chi connectivity index (χ4v) is 1.37. The van der Waals surface area contributed by atoms with Gasteiger partial charge in [0.25, 0.3) is 17.6 Å². The largest absolute Gasteiger partial charge is 0.379 e. The van der Waals surface area contributed by atoms with Crippen LogP contribution in [0.4, 0.5) is 0 Å². The Labute approximate surface area is 79.3 Å². The number of rotatable bonds is 2. The first-order valence-electron chi connectivity index (χ1n) is 4.19. The Balaban J connectivity index is 2.28. The van der Waals surface area contributed by atoms with Gasteiger partial charge in [-0.1, -0.05) is 5.16 Å². The van der Waals surface area contributed by atoms with Crippen molar-refractivity contribution in [1.82, 2.24) is 15.5 Å². The van der Waals surface area contributed by atoms with Gasteiger partial charge in [0.15, 0.2) is 5.60 Å². The van der Waals surface area contributed by atoms with E-state index in [2.05, 4.69) is 15.5 Å². The molecule has 1 unspecified atom stereocenters. The lowest BCUT2D eigenvalue weighted by Gasteiger charge is -2.14. The topological polar surface area (TPSA) is 114 Å². The third-order valence-electron chi connectivity index (χ3n) is 2.18. The Kier molecular flexibility index (Phi) is 1.97. The van der Waals surface area contributed by atoms with Crippen LogP contribution < -0.4 is 11.1 Å². The van der Waals surface area contributed by atoms with Crippen molar-refractivity contribution in [2.24, 2.45) is 5.73 Å². The first-order valence-corrected chi connectivity index (χ1v) is 4.19. The zero-order chi connectivity index (χ0) is 10.2. The number of hydrogen-bond acceptors (Lipinski definition) is 6. The summed E-state index contributed by atoms with van der Waals surface area (Å²) < 4.78 is 4.76. The third-order valence-corrected chi connectivity index (χ3v) is 2.18. The number of hydrogen-bond donors (Lipinski definition) is 3. The molecule has 7 heteroatoms. The molecule has 1 aliphatic heterocycles. The van der Waals surface area contributed by atoms with Crippen LogP contribution in [0.2, 0.25) is 0 Å². The molecule has 4 N–H and O–H groups in total. The summed E-state index contributed by atoms with van der Waals surface area (Å²) in [6, 6.07) is 0. The molecule has 1 aliphatic rings. The minimum Gasteiger partial charge on any atom is -0.379 e. The van der Waals surface area contributed by atoms with Crippen molar-refractivity contribution in [1.29, 1.82) is 0 Å². The van der Waals surface area contributed by atoms with Gasteiger partial charge >= 0.3 is 0 Å². The van der Waals surface area contributed by atoms with E-state index in [1.807, 2.05) is 0 Å². The Hall–Kier alpha value is -1.47. The molecule has 2 heterocycles. The molecule has 1 fully saturated rings. The van der Waals surface area contributed by atoms with Crippen LogP contribution in [-0.4, -0.2) is 34.2 Å². The number of aromatic nitrogens is 2. The molecule has 14 heavy (non-hydrogen) atoms. The summed E-state index contributed by atoms with van der Waals surface area (Å²) >= 11 is 0. The quantitative estimate of drug-likeness (QED) is 0.524. The summed E-state index contributed by atoms with van der Waals surface area (Å²) in [6.07, 6.45) is 0.480. The molecular weight excluding hydrogens is 188 g/mol. The van der Waals surface area contributed by atoms with Crippen molar-refractivity contribution in [2.45, 2.75) is 12.0 Å². The molecule has 1 atom stereocenters. The first-order chi connectivity index (χ1) is 6.62. The van der Waals surface area contributed by atoms with Gasteiger partial charge in [0.05, 0.1) is 0 Å². The second-order valence-corrected chi connectivity index (χ2v) is 3.25. The summed E-state index contributed by atoms with van der Waals surface area (Å²) in [5.74, 6) is -0.939. The van der Waals surface area contributed by atoms with E-state index in [9.17, 15) is 9.90 Å². The summed E-state index contributed by atoms with van der Waals surface area (Å²) in [6.45, 7) is 1.01. The van der Waals surface area contributed by atoms with Crippen LogP contribution in [-0.2, 0) is 5.60 Å². The first kappa shape index (κ1) is 9.10. The fourth-order valence-electron chi connectivity index (χ4n) is 1.37. The fraction of sp³-hybridized carbons (Fsp3) is 0.571. The lowest BCUT2D eigenvalue weighted by atomic mass is 10.0. The minimum absolute atomic E-state index is 0.0382. The molecule has 7 nitrogen and oxygen atoms in total. The highest BCUT2D eigenvalue weighted by molar-refractivity contribution is 5.88. The van der Waals surface area contributed by atoms with Crippen LogP contribution in [0.3, 0.4) is 0 Å². The highest BCUT2D eigenvalue weighted by atomic mass is 16.5. The van der Waals surface area contributed by atoms with Gasteiger partial charge in [0.1, 0.15) is 0 Å². The normalized spacial score (nSPS) is 26.6. The Morgan fingerprint density at radius 1 is 1.71 bits per heavy atom. The van der Waals surface area contributed by atoms with Gasteiger partial charge in [-0.25, -0.2) is 0 Å². The molecular formula is C7H10N4O3. The van der Waals surface area contributed by atoms with Crippen molar-refractivity contribution < 1.29 is 14.4 Å². The zero-order valence-corrected chi connectivity index (χ0v) is 7.36. The molecule has 0 radical (unpaired) electrons. The number of carbonyl (C=O) groups is 1. The van der Waals surface area contributed by atoms with Crippen LogP contribution in [0.5, 0.6) is 0 Å². The highest BCUT2D eigenvalue weighted by Crippen LogP contribution is 2.25. The van der Waals surface area contributed by atoms with Crippen molar-refractivity contribution in [3.05, 3.63) is 11.7 Å². The van der Waals surface area contributed by atoms with E-state index in [0.717, 1.165) is 0 Å². The molecule has 1 saturated heterocycles. The van der Waals surface area contributed by atoms with E-state index in [4.69, 9.17) is 10.3 Å². The summed E-state index contributed by atoms with van der Waals surface area (Å²) in [5.41, 5.74) is 3.78. The second kappa shape index (κ2) is 3.03. The second-order valence-electron chi connectivity index (χ2n) is 3.25. The SMILES string of the molecule is NC(=O)c1noc(C2(O)CCNC2)n1. The minimum atomic E-state index is -1.17. The predicted molar refractivity (Wildman–Crippen MR) is 44.2 cm³/mol. The van der Waals surface area contributed by atoms with E-state index >= 15 is 0 Å². The Morgan fingerprint density at radius 3 is 3.00 bits per heavy atom. The van der Waals surface area contributed by atoms with Crippen molar-refractivity contribution in [2.75, 3.05) is 13.1 Å². The average molecular weight is 198 g/mol.